The molecule has 0 spiro atoms. The summed E-state index contributed by atoms with van der Waals surface area (Å²) in [6.07, 6.45) is 3.16. The quantitative estimate of drug-likeness (QED) is 0.555. The lowest BCUT2D eigenvalue weighted by molar-refractivity contribution is -0.122. The summed E-state index contributed by atoms with van der Waals surface area (Å²) >= 11 is 0. The van der Waals surface area contributed by atoms with Crippen molar-refractivity contribution in [2.75, 3.05) is 21.3 Å². The number of hydrogen-bond acceptors (Lipinski definition) is 4. The first-order valence-electron chi connectivity index (χ1n) is 6.37. The SMILES string of the molecule is CNNC(=O)CCCCc1cc(OC)ccc1OC. The average molecular weight is 266 g/mol. The summed E-state index contributed by atoms with van der Waals surface area (Å²) in [5, 5.41) is 0. The van der Waals surface area contributed by atoms with Gasteiger partial charge in [0.25, 0.3) is 0 Å². The van der Waals surface area contributed by atoms with Crippen molar-refractivity contribution < 1.29 is 14.3 Å². The number of aryl methyl sites for hydroxylation is 1. The van der Waals surface area contributed by atoms with Crippen LogP contribution in [0.1, 0.15) is 24.8 Å². The van der Waals surface area contributed by atoms with Gasteiger partial charge in [-0.1, -0.05) is 0 Å². The van der Waals surface area contributed by atoms with Crippen LogP contribution in [0.4, 0.5) is 0 Å². The number of benzene rings is 1. The fraction of sp³-hybridized carbons (Fsp3) is 0.500. The molecule has 0 aliphatic rings. The molecule has 0 saturated carbocycles. The molecule has 0 atom stereocenters. The van der Waals surface area contributed by atoms with Gasteiger partial charge in [0, 0.05) is 13.5 Å². The maximum Gasteiger partial charge on any atom is 0.234 e. The summed E-state index contributed by atoms with van der Waals surface area (Å²) in [6, 6.07) is 5.76. The second-order valence-electron chi connectivity index (χ2n) is 4.18. The number of methoxy groups -OCH3 is 2. The molecule has 106 valence electrons. The third-order valence-electron chi connectivity index (χ3n) is 2.85. The normalized spacial score (nSPS) is 10.1. The lowest BCUT2D eigenvalue weighted by Crippen LogP contribution is -2.33. The van der Waals surface area contributed by atoms with Gasteiger partial charge in [-0.2, -0.15) is 0 Å². The zero-order valence-corrected chi connectivity index (χ0v) is 11.8. The van der Waals surface area contributed by atoms with E-state index in [9.17, 15) is 4.79 Å². The van der Waals surface area contributed by atoms with Gasteiger partial charge in [0.05, 0.1) is 14.2 Å². The van der Waals surface area contributed by atoms with Crippen LogP contribution in [0, 0.1) is 0 Å². The molecule has 5 heteroatoms. The molecule has 0 heterocycles. The Hall–Kier alpha value is -1.75. The predicted molar refractivity (Wildman–Crippen MR) is 74.3 cm³/mol. The topological polar surface area (TPSA) is 59.6 Å². The standard InChI is InChI=1S/C14H22N2O3/c1-15-16-14(17)7-5-4-6-11-10-12(18-2)8-9-13(11)19-3/h8-10,15H,4-7H2,1-3H3,(H,16,17). The summed E-state index contributed by atoms with van der Waals surface area (Å²) in [7, 11) is 4.98. The highest BCUT2D eigenvalue weighted by Gasteiger charge is 2.06. The Morgan fingerprint density at radius 3 is 2.63 bits per heavy atom. The fourth-order valence-corrected chi connectivity index (χ4v) is 1.88. The number of hydrogen-bond donors (Lipinski definition) is 2. The summed E-state index contributed by atoms with van der Waals surface area (Å²) in [4.78, 5) is 11.3. The number of nitrogens with one attached hydrogen (secondary N) is 2. The molecule has 1 aromatic rings. The van der Waals surface area contributed by atoms with Gasteiger partial charge < -0.3 is 9.47 Å². The zero-order valence-electron chi connectivity index (χ0n) is 11.8. The summed E-state index contributed by atoms with van der Waals surface area (Å²) in [5.74, 6) is 1.70. The first-order valence-corrected chi connectivity index (χ1v) is 6.37. The summed E-state index contributed by atoms with van der Waals surface area (Å²) in [6.45, 7) is 0. The molecule has 0 unspecified atom stereocenters. The fourth-order valence-electron chi connectivity index (χ4n) is 1.88. The molecule has 5 nitrogen and oxygen atoms in total. The van der Waals surface area contributed by atoms with Crippen LogP contribution >= 0.6 is 0 Å². The van der Waals surface area contributed by atoms with Crippen molar-refractivity contribution in [1.82, 2.24) is 10.9 Å². The van der Waals surface area contributed by atoms with Crippen molar-refractivity contribution in [2.45, 2.75) is 25.7 Å². The van der Waals surface area contributed by atoms with Gasteiger partial charge in [-0.3, -0.25) is 10.2 Å². The molecule has 1 rings (SSSR count). The molecule has 2 N–H and O–H groups in total. The highest BCUT2D eigenvalue weighted by molar-refractivity contribution is 5.75. The highest BCUT2D eigenvalue weighted by Crippen LogP contribution is 2.25. The number of ether oxygens (including phenoxy) is 2. The Balaban J connectivity index is 2.45. The van der Waals surface area contributed by atoms with E-state index in [1.54, 1.807) is 21.3 Å². The van der Waals surface area contributed by atoms with E-state index in [4.69, 9.17) is 9.47 Å². The third kappa shape index (κ3) is 5.18. The third-order valence-corrected chi connectivity index (χ3v) is 2.85. The molecule has 0 saturated heterocycles. The van der Waals surface area contributed by atoms with Gasteiger partial charge in [0.1, 0.15) is 11.5 Å². The predicted octanol–water partition coefficient (Wildman–Crippen LogP) is 1.67. The molecule has 0 aliphatic heterocycles. The van der Waals surface area contributed by atoms with Crippen molar-refractivity contribution in [1.29, 1.82) is 0 Å². The van der Waals surface area contributed by atoms with Crippen LogP contribution in [0.5, 0.6) is 11.5 Å². The van der Waals surface area contributed by atoms with Gasteiger partial charge in [-0.05, 0) is 43.0 Å². The van der Waals surface area contributed by atoms with Gasteiger partial charge in [-0.15, -0.1) is 0 Å². The summed E-state index contributed by atoms with van der Waals surface area (Å²) < 4.78 is 10.5. The number of amides is 1. The van der Waals surface area contributed by atoms with Crippen LogP contribution < -0.4 is 20.3 Å². The summed E-state index contributed by atoms with van der Waals surface area (Å²) in [5.41, 5.74) is 6.28. The van der Waals surface area contributed by atoms with Crippen molar-refractivity contribution in [3.05, 3.63) is 23.8 Å². The molecule has 19 heavy (non-hydrogen) atoms. The smallest absolute Gasteiger partial charge is 0.234 e. The molecule has 0 aromatic heterocycles. The van der Waals surface area contributed by atoms with E-state index in [1.807, 2.05) is 18.2 Å². The lowest BCUT2D eigenvalue weighted by atomic mass is 10.1. The molecule has 1 amide bonds. The van der Waals surface area contributed by atoms with Crippen LogP contribution in [0.2, 0.25) is 0 Å². The minimum Gasteiger partial charge on any atom is -0.497 e. The lowest BCUT2D eigenvalue weighted by Gasteiger charge is -2.10. The van der Waals surface area contributed by atoms with Crippen LogP contribution in [0.3, 0.4) is 0 Å². The van der Waals surface area contributed by atoms with E-state index in [0.29, 0.717) is 6.42 Å². The maximum atomic E-state index is 11.3. The number of unbranched alkanes of at least 4 members (excludes halogenated alkanes) is 1. The minimum atomic E-state index is 0.0140. The second-order valence-corrected chi connectivity index (χ2v) is 4.18. The first kappa shape index (κ1) is 15.3. The Morgan fingerprint density at radius 2 is 2.00 bits per heavy atom. The first-order chi connectivity index (χ1) is 9.21. The number of carbonyl (C=O) groups excluding carboxylic acids is 1. The van der Waals surface area contributed by atoms with Crippen molar-refractivity contribution >= 4 is 5.91 Å². The minimum absolute atomic E-state index is 0.0140. The molecule has 0 bridgehead atoms. The van der Waals surface area contributed by atoms with Crippen LogP contribution in [0.25, 0.3) is 0 Å². The maximum absolute atomic E-state index is 11.3. The molecular formula is C14H22N2O3. The zero-order chi connectivity index (χ0) is 14.1. The van der Waals surface area contributed by atoms with Gasteiger partial charge in [-0.25, -0.2) is 5.43 Å². The van der Waals surface area contributed by atoms with E-state index in [-0.39, 0.29) is 5.91 Å². The largest absolute Gasteiger partial charge is 0.497 e. The monoisotopic (exact) mass is 266 g/mol. The number of rotatable bonds is 8. The Morgan fingerprint density at radius 1 is 1.21 bits per heavy atom. The van der Waals surface area contributed by atoms with E-state index in [0.717, 1.165) is 36.3 Å². The molecule has 0 fully saturated rings. The molecule has 0 radical (unpaired) electrons. The molecular weight excluding hydrogens is 244 g/mol. The second kappa shape index (κ2) is 8.37. The van der Waals surface area contributed by atoms with E-state index < -0.39 is 0 Å². The van der Waals surface area contributed by atoms with Crippen LogP contribution in [-0.2, 0) is 11.2 Å². The van der Waals surface area contributed by atoms with Gasteiger partial charge in [0.15, 0.2) is 0 Å². The van der Waals surface area contributed by atoms with Crippen molar-refractivity contribution in [2.24, 2.45) is 0 Å². The van der Waals surface area contributed by atoms with E-state index in [1.165, 1.54) is 0 Å². The van der Waals surface area contributed by atoms with E-state index >= 15 is 0 Å². The van der Waals surface area contributed by atoms with Crippen LogP contribution in [0.15, 0.2) is 18.2 Å². The van der Waals surface area contributed by atoms with Gasteiger partial charge in [0.2, 0.25) is 5.91 Å². The van der Waals surface area contributed by atoms with Crippen molar-refractivity contribution in [3.8, 4) is 11.5 Å². The number of carbonyl (C=O) groups is 1. The molecule has 1 aromatic carbocycles. The Kier molecular flexibility index (Phi) is 6.74. The Labute approximate surface area is 114 Å². The van der Waals surface area contributed by atoms with Crippen molar-refractivity contribution in [3.63, 3.8) is 0 Å². The van der Waals surface area contributed by atoms with Gasteiger partial charge >= 0.3 is 0 Å². The average Bonchev–Trinajstić information content (AvgIpc) is 2.43. The Bertz CT molecular complexity index is 408. The molecule has 0 aliphatic carbocycles. The highest BCUT2D eigenvalue weighted by atomic mass is 16.5. The van der Waals surface area contributed by atoms with E-state index in [2.05, 4.69) is 10.9 Å². The van der Waals surface area contributed by atoms with Crippen LogP contribution in [-0.4, -0.2) is 27.2 Å². The number of hydrazine groups is 1.